The molecule has 1 N–H and O–H groups in total. The molecule has 1 amide bonds. The Morgan fingerprint density at radius 3 is 1.95 bits per heavy atom. The van der Waals surface area contributed by atoms with E-state index >= 15 is 0 Å². The Morgan fingerprint density at radius 1 is 0.805 bits per heavy atom. The van der Waals surface area contributed by atoms with Gasteiger partial charge < -0.3 is 14.8 Å². The quantitative estimate of drug-likeness (QED) is 0.102. The van der Waals surface area contributed by atoms with Crippen LogP contribution in [-0.4, -0.2) is 36.8 Å². The van der Waals surface area contributed by atoms with Gasteiger partial charge in [0, 0.05) is 25.2 Å². The number of amides is 1. The Bertz CT molecular complexity index is 871. The molecular formula is C34H55NO6. The molecule has 232 valence electrons. The number of Topliss-reactive ketones (excluding diaryl/α,β-unsaturated/α-hetero) is 1. The van der Waals surface area contributed by atoms with Gasteiger partial charge in [0.25, 0.3) is 0 Å². The number of unbranched alkanes of at least 4 members (excludes halogenated alkanes) is 10. The Labute approximate surface area is 248 Å². The van der Waals surface area contributed by atoms with Gasteiger partial charge in [-0.15, -0.1) is 0 Å². The summed E-state index contributed by atoms with van der Waals surface area (Å²) in [5.41, 5.74) is 0.868. The first-order valence-electron chi connectivity index (χ1n) is 15.9. The monoisotopic (exact) mass is 573 g/mol. The van der Waals surface area contributed by atoms with E-state index in [9.17, 15) is 19.2 Å². The van der Waals surface area contributed by atoms with Crippen LogP contribution in [0.4, 0.5) is 0 Å². The first kappa shape index (κ1) is 36.3. The number of esters is 2. The SMILES string of the molecule is CCCCCCCCCCCCCC(=O)C[C@H](C(=O)N[C@H](CCC(=O)OCc1ccccc1)C(=O)OC)C(C)CC. The maximum atomic E-state index is 13.2. The molecule has 0 bridgehead atoms. The van der Waals surface area contributed by atoms with Crippen molar-refractivity contribution >= 4 is 23.6 Å². The first-order valence-corrected chi connectivity index (χ1v) is 15.9. The summed E-state index contributed by atoms with van der Waals surface area (Å²) >= 11 is 0. The molecule has 0 aliphatic rings. The molecule has 0 aliphatic carbocycles. The summed E-state index contributed by atoms with van der Waals surface area (Å²) in [6, 6.07) is 8.35. The predicted octanol–water partition coefficient (Wildman–Crippen LogP) is 7.49. The van der Waals surface area contributed by atoms with Gasteiger partial charge in [0.2, 0.25) is 5.91 Å². The zero-order valence-corrected chi connectivity index (χ0v) is 26.1. The van der Waals surface area contributed by atoms with E-state index in [1.165, 1.54) is 58.5 Å². The third-order valence-corrected chi connectivity index (χ3v) is 7.86. The number of ketones is 1. The minimum atomic E-state index is -0.981. The summed E-state index contributed by atoms with van der Waals surface area (Å²) in [5.74, 6) is -1.90. The maximum Gasteiger partial charge on any atom is 0.328 e. The lowest BCUT2D eigenvalue weighted by Gasteiger charge is -2.24. The zero-order chi connectivity index (χ0) is 30.3. The van der Waals surface area contributed by atoms with Gasteiger partial charge in [0.05, 0.1) is 7.11 Å². The average Bonchev–Trinajstić information content (AvgIpc) is 2.99. The molecule has 1 aromatic carbocycles. The van der Waals surface area contributed by atoms with Crippen LogP contribution in [0.15, 0.2) is 30.3 Å². The van der Waals surface area contributed by atoms with E-state index < -0.39 is 23.9 Å². The number of hydrogen-bond donors (Lipinski definition) is 1. The summed E-state index contributed by atoms with van der Waals surface area (Å²) in [7, 11) is 1.25. The fourth-order valence-electron chi connectivity index (χ4n) is 4.91. The van der Waals surface area contributed by atoms with Gasteiger partial charge in [-0.2, -0.15) is 0 Å². The Balaban J connectivity index is 2.47. The van der Waals surface area contributed by atoms with Crippen molar-refractivity contribution in [3.05, 3.63) is 35.9 Å². The van der Waals surface area contributed by atoms with Gasteiger partial charge in [-0.1, -0.05) is 122 Å². The van der Waals surface area contributed by atoms with Crippen molar-refractivity contribution < 1.29 is 28.7 Å². The summed E-state index contributed by atoms with van der Waals surface area (Å²) in [6.07, 6.45) is 14.8. The van der Waals surface area contributed by atoms with E-state index in [2.05, 4.69) is 12.2 Å². The number of methoxy groups -OCH3 is 1. The number of hydrogen-bond acceptors (Lipinski definition) is 6. The molecule has 0 spiro atoms. The fraction of sp³-hybridized carbons (Fsp3) is 0.706. The minimum absolute atomic E-state index is 0.0228. The normalized spacial score (nSPS) is 13.2. The van der Waals surface area contributed by atoms with Crippen LogP contribution in [-0.2, 0) is 35.3 Å². The molecule has 7 nitrogen and oxygen atoms in total. The van der Waals surface area contributed by atoms with Crippen LogP contribution < -0.4 is 5.32 Å². The van der Waals surface area contributed by atoms with Crippen LogP contribution in [0.1, 0.15) is 129 Å². The van der Waals surface area contributed by atoms with Crippen molar-refractivity contribution in [1.82, 2.24) is 5.32 Å². The molecule has 0 saturated heterocycles. The Hall–Kier alpha value is -2.70. The average molecular weight is 574 g/mol. The molecule has 1 rings (SSSR count). The largest absolute Gasteiger partial charge is 0.467 e. The van der Waals surface area contributed by atoms with Crippen LogP contribution in [0.5, 0.6) is 0 Å². The minimum Gasteiger partial charge on any atom is -0.467 e. The van der Waals surface area contributed by atoms with Gasteiger partial charge in [0.1, 0.15) is 18.4 Å². The molecule has 0 aromatic heterocycles. The molecule has 0 fully saturated rings. The second-order valence-electron chi connectivity index (χ2n) is 11.3. The maximum absolute atomic E-state index is 13.2. The number of carbonyl (C=O) groups excluding carboxylic acids is 4. The summed E-state index contributed by atoms with van der Waals surface area (Å²) in [5, 5.41) is 2.76. The third kappa shape index (κ3) is 17.0. The molecule has 7 heteroatoms. The highest BCUT2D eigenvalue weighted by molar-refractivity contribution is 5.90. The lowest BCUT2D eigenvalue weighted by molar-refractivity contribution is -0.148. The van der Waals surface area contributed by atoms with E-state index in [4.69, 9.17) is 9.47 Å². The van der Waals surface area contributed by atoms with Crippen LogP contribution in [0, 0.1) is 11.8 Å². The molecule has 1 aromatic rings. The summed E-state index contributed by atoms with van der Waals surface area (Å²) in [4.78, 5) is 50.7. The van der Waals surface area contributed by atoms with Crippen LogP contribution in [0.25, 0.3) is 0 Å². The lowest BCUT2D eigenvalue weighted by Crippen LogP contribution is -2.46. The third-order valence-electron chi connectivity index (χ3n) is 7.86. The fourth-order valence-corrected chi connectivity index (χ4v) is 4.91. The molecule has 0 saturated carbocycles. The Morgan fingerprint density at radius 2 is 1.39 bits per heavy atom. The summed E-state index contributed by atoms with van der Waals surface area (Å²) in [6.45, 7) is 6.32. The highest BCUT2D eigenvalue weighted by atomic mass is 16.5. The molecule has 41 heavy (non-hydrogen) atoms. The number of carbonyl (C=O) groups is 4. The van der Waals surface area contributed by atoms with Crippen molar-refractivity contribution in [1.29, 1.82) is 0 Å². The summed E-state index contributed by atoms with van der Waals surface area (Å²) < 4.78 is 10.2. The number of benzene rings is 1. The number of rotatable bonds is 24. The van der Waals surface area contributed by atoms with Crippen molar-refractivity contribution in [3.8, 4) is 0 Å². The smallest absolute Gasteiger partial charge is 0.328 e. The predicted molar refractivity (Wildman–Crippen MR) is 163 cm³/mol. The first-order chi connectivity index (χ1) is 19.8. The molecule has 1 unspecified atom stereocenters. The molecule has 0 radical (unpaired) electrons. The number of nitrogens with one attached hydrogen (secondary N) is 1. The molecule has 3 atom stereocenters. The van der Waals surface area contributed by atoms with Gasteiger partial charge in [-0.25, -0.2) is 4.79 Å². The number of ether oxygens (including phenoxy) is 2. The van der Waals surface area contributed by atoms with Crippen molar-refractivity contribution in [3.63, 3.8) is 0 Å². The second kappa shape index (κ2) is 22.9. The standard InChI is InChI=1S/C34H55NO6/c1-5-7-8-9-10-11-12-13-14-15-19-22-29(36)25-30(27(3)6-2)33(38)35-31(34(39)40-4)23-24-32(37)41-26-28-20-17-16-18-21-28/h16-18,20-21,27,30-31H,5-15,19,22-26H2,1-4H3,(H,35,38)/t27?,30-,31+/m0/s1. The van der Waals surface area contributed by atoms with E-state index in [0.29, 0.717) is 6.42 Å². The highest BCUT2D eigenvalue weighted by Gasteiger charge is 2.31. The second-order valence-corrected chi connectivity index (χ2v) is 11.3. The van der Waals surface area contributed by atoms with E-state index in [0.717, 1.165) is 31.2 Å². The molecular weight excluding hydrogens is 518 g/mol. The van der Waals surface area contributed by atoms with Crippen LogP contribution >= 0.6 is 0 Å². The van der Waals surface area contributed by atoms with Crippen LogP contribution in [0.2, 0.25) is 0 Å². The van der Waals surface area contributed by atoms with E-state index in [1.54, 1.807) is 0 Å². The topological polar surface area (TPSA) is 98.8 Å². The molecule has 0 aliphatic heterocycles. The van der Waals surface area contributed by atoms with Crippen molar-refractivity contribution in [2.24, 2.45) is 11.8 Å². The van der Waals surface area contributed by atoms with Crippen molar-refractivity contribution in [2.75, 3.05) is 7.11 Å². The van der Waals surface area contributed by atoms with Gasteiger partial charge in [0.15, 0.2) is 0 Å². The van der Waals surface area contributed by atoms with E-state index in [1.807, 2.05) is 44.2 Å². The lowest BCUT2D eigenvalue weighted by atomic mass is 9.85. The highest BCUT2D eigenvalue weighted by Crippen LogP contribution is 2.22. The van der Waals surface area contributed by atoms with Gasteiger partial charge in [-0.05, 0) is 24.3 Å². The van der Waals surface area contributed by atoms with Gasteiger partial charge in [-0.3, -0.25) is 14.4 Å². The van der Waals surface area contributed by atoms with E-state index in [-0.39, 0.29) is 43.5 Å². The zero-order valence-electron chi connectivity index (χ0n) is 26.1. The van der Waals surface area contributed by atoms with Crippen LogP contribution in [0.3, 0.4) is 0 Å². The Kier molecular flexibility index (Phi) is 20.3. The van der Waals surface area contributed by atoms with Crippen molar-refractivity contribution in [2.45, 2.75) is 136 Å². The molecule has 0 heterocycles. The van der Waals surface area contributed by atoms with Gasteiger partial charge >= 0.3 is 11.9 Å².